The van der Waals surface area contributed by atoms with Crippen LogP contribution in [0.1, 0.15) is 161 Å². The fraction of sp³-hybridized carbons (Fsp3) is 0.273. The number of carbonyl (C=O) groups is 1. The quantitative estimate of drug-likeness (QED) is 0.0563. The van der Waals surface area contributed by atoms with Crippen LogP contribution in [-0.4, -0.2) is 108 Å². The number of nitrogens with two attached hydrogens (primary N) is 1. The maximum atomic E-state index is 13.8. The van der Waals surface area contributed by atoms with Crippen molar-refractivity contribution < 1.29 is 9.53 Å². The Labute approximate surface area is 947 Å². The van der Waals surface area contributed by atoms with Gasteiger partial charge in [0.25, 0.3) is 33.4 Å². The number of aryl methyl sites for hydroxylation is 2. The number of alkyl halides is 8. The minimum atomic E-state index is -0.584. The molecule has 29 nitrogen and oxygen atoms in total. The summed E-state index contributed by atoms with van der Waals surface area (Å²) < 4.78 is 16.2. The fourth-order valence-corrected chi connectivity index (χ4v) is 24.9. The number of nitriles is 5. The predicted octanol–water partition coefficient (Wildman–Crippen LogP) is 26.0. The molecule has 5 aromatic carbocycles. The van der Waals surface area contributed by atoms with Gasteiger partial charge >= 0.3 is 6.09 Å². The topological polar surface area (TPSA) is 410 Å². The molecule has 0 bridgehead atoms. The van der Waals surface area contributed by atoms with Crippen molar-refractivity contribution in [2.75, 3.05) is 36.0 Å². The highest BCUT2D eigenvalue weighted by Gasteiger charge is 2.31. The van der Waals surface area contributed by atoms with Gasteiger partial charge in [0.15, 0.2) is 0 Å². The number of piperidine rings is 2. The summed E-state index contributed by atoms with van der Waals surface area (Å²) in [6, 6.07) is 57.9. The Bertz CT molecular complexity index is 8220. The number of aromatic amines is 1. The van der Waals surface area contributed by atoms with Crippen LogP contribution in [0.5, 0.6) is 0 Å². The highest BCUT2D eigenvalue weighted by atomic mass is 79.9. The average molecular weight is 2670 g/mol. The van der Waals surface area contributed by atoms with E-state index in [1.165, 1.54) is 81.7 Å². The van der Waals surface area contributed by atoms with E-state index in [9.17, 15) is 54.6 Å². The fourth-order valence-electron chi connectivity index (χ4n) is 15.4. The third-order valence-electron chi connectivity index (χ3n) is 22.0. The Morgan fingerprint density at radius 3 is 1.03 bits per heavy atom. The van der Waals surface area contributed by atoms with E-state index in [1.807, 2.05) is 137 Å². The molecule has 2 fully saturated rings. The van der Waals surface area contributed by atoms with E-state index in [1.54, 1.807) is 69.8 Å². The molecule has 2 aliphatic rings. The number of nitrogens with zero attached hydrogens (tertiary/aromatic N) is 18. The first-order valence-corrected chi connectivity index (χ1v) is 57.1. The molecule has 4 N–H and O–H groups in total. The maximum absolute atomic E-state index is 13.8. The summed E-state index contributed by atoms with van der Waals surface area (Å²) in [5.74, 6) is 1.15. The minimum Gasteiger partial charge on any atom is -0.444 e. The summed E-state index contributed by atoms with van der Waals surface area (Å²) in [4.78, 5) is 128. The van der Waals surface area contributed by atoms with Crippen LogP contribution >= 0.6 is 242 Å². The van der Waals surface area contributed by atoms with Crippen LogP contribution in [0.2, 0.25) is 21.1 Å². The number of ether oxygens (including phenoxy) is 1. The summed E-state index contributed by atoms with van der Waals surface area (Å²) in [7, 11) is 0. The zero-order valence-electron chi connectivity index (χ0n) is 76.0. The summed E-state index contributed by atoms with van der Waals surface area (Å²) >= 11 is 60.2. The van der Waals surface area contributed by atoms with Gasteiger partial charge in [-0.1, -0.05) is 233 Å². The van der Waals surface area contributed by atoms with Gasteiger partial charge in [-0.3, -0.25) is 56.6 Å². The molecule has 754 valence electrons. The van der Waals surface area contributed by atoms with Gasteiger partial charge in [0.2, 0.25) is 33.0 Å². The van der Waals surface area contributed by atoms with Crippen molar-refractivity contribution in [1.82, 2.24) is 63.0 Å². The number of carbonyl (C=O) groups excluding carboxylic acids is 1. The van der Waals surface area contributed by atoms with Crippen molar-refractivity contribution in [3.05, 3.63) is 326 Å². The number of benzene rings is 5. The summed E-state index contributed by atoms with van der Waals surface area (Å²) in [6.07, 6.45) is 3.10. The number of hydrogen-bond donors (Lipinski definition) is 3. The normalized spacial score (nSPS) is 13.3. The van der Waals surface area contributed by atoms with Crippen molar-refractivity contribution in [2.24, 2.45) is 5.73 Å². The molecule has 0 unspecified atom stereocenters. The molecular formula is C99H85Br8Cl4N21O8S6. The summed E-state index contributed by atoms with van der Waals surface area (Å²) in [6.45, 7) is 13.2. The van der Waals surface area contributed by atoms with E-state index in [0.717, 1.165) is 89.3 Å². The molecule has 146 heavy (non-hydrogen) atoms. The Morgan fingerprint density at radius 2 is 0.705 bits per heavy atom. The third kappa shape index (κ3) is 28.0. The molecule has 1 amide bonds. The van der Waals surface area contributed by atoms with E-state index in [-0.39, 0.29) is 123 Å². The van der Waals surface area contributed by atoms with Crippen molar-refractivity contribution in [3.8, 4) is 30.3 Å². The van der Waals surface area contributed by atoms with Crippen LogP contribution in [0.4, 0.5) is 16.7 Å². The highest BCUT2D eigenvalue weighted by molar-refractivity contribution is 9.25. The van der Waals surface area contributed by atoms with E-state index in [0.29, 0.717) is 127 Å². The molecule has 0 spiro atoms. The van der Waals surface area contributed by atoms with Gasteiger partial charge in [-0.25, -0.2) is 34.7 Å². The SMILES string of the molecule is C.C.CC(C)(C)OC(=O)N[C@@H]1CCCN(c2nc3cc(C(Br)Br)sc3c(=O)n2Cc2ccccc2C#N)C1.Cc1cc2nc(Cl)[nH]c(=O)c2s1.Cc1cc2nc(Cl)n(Cc3ccccc3C#N)c(=O)c2s1.N#Cc1ccccc1Cn1c(Cl)nc2cc(C(Br)Br)sc2c1=O.N#Cc1ccccc1Cn1c(Cl)nc2cc(C(Br)Br)sc2c1=O.N#Cc1ccccc1Cn1c(N2CCC[C@@H](N)C2)nc2cc(C(Br)Br)sc2c1=O. The molecule has 2 saturated heterocycles. The van der Waals surface area contributed by atoms with Crippen molar-refractivity contribution in [3.63, 3.8) is 0 Å². The number of aromatic nitrogens is 12. The number of thiophene rings is 6. The molecular weight excluding hydrogens is 2580 g/mol. The number of amides is 1. The maximum Gasteiger partial charge on any atom is 0.407 e. The number of H-pyrrole nitrogens is 1. The van der Waals surface area contributed by atoms with E-state index >= 15 is 0 Å². The van der Waals surface area contributed by atoms with Crippen LogP contribution in [0.3, 0.4) is 0 Å². The number of alkyl carbamates (subject to hydrolysis) is 1. The van der Waals surface area contributed by atoms with Crippen molar-refractivity contribution in [1.29, 1.82) is 26.3 Å². The number of fused-ring (bicyclic) bond motifs is 6. The second-order valence-corrected chi connectivity index (χ2v) is 53.7. The van der Waals surface area contributed by atoms with Gasteiger partial charge in [-0.2, -0.15) is 26.3 Å². The van der Waals surface area contributed by atoms with Crippen molar-refractivity contribution >= 4 is 321 Å². The summed E-state index contributed by atoms with van der Waals surface area (Å²) in [5, 5.41) is 50.0. The van der Waals surface area contributed by atoms with Crippen LogP contribution in [0.25, 0.3) is 61.3 Å². The van der Waals surface area contributed by atoms with Crippen LogP contribution < -0.4 is 54.2 Å². The predicted molar refractivity (Wildman–Crippen MR) is 620 cm³/mol. The van der Waals surface area contributed by atoms with Gasteiger partial charge in [0.05, 0.1) is 124 Å². The second-order valence-electron chi connectivity index (χ2n) is 33.2. The van der Waals surface area contributed by atoms with Gasteiger partial charge in [-0.15, -0.1) is 68.0 Å². The second kappa shape index (κ2) is 51.8. The Morgan fingerprint density at radius 1 is 0.425 bits per heavy atom. The lowest BCUT2D eigenvalue weighted by atomic mass is 10.1. The van der Waals surface area contributed by atoms with Gasteiger partial charge in [-0.05, 0) is 201 Å². The lowest BCUT2D eigenvalue weighted by molar-refractivity contribution is 0.0499. The number of hydrogen-bond acceptors (Lipinski definition) is 28. The average Bonchev–Trinajstić information content (AvgIpc) is 1.65. The molecule has 2 atom stereocenters. The largest absolute Gasteiger partial charge is 0.444 e. The zero-order valence-corrected chi connectivity index (χ0v) is 96.7. The smallest absolute Gasteiger partial charge is 0.407 e. The van der Waals surface area contributed by atoms with Crippen LogP contribution in [-0.2, 0) is 37.5 Å². The molecule has 19 rings (SSSR count). The Kier molecular flexibility index (Phi) is 40.8. The monoisotopic (exact) mass is 2660 g/mol. The van der Waals surface area contributed by atoms with E-state index < -0.39 is 11.7 Å². The van der Waals surface area contributed by atoms with Crippen molar-refractivity contribution in [2.45, 2.75) is 141 Å². The first-order chi connectivity index (χ1) is 68.8. The van der Waals surface area contributed by atoms with E-state index in [2.05, 4.69) is 193 Å². The molecule has 47 heteroatoms. The van der Waals surface area contributed by atoms with Crippen LogP contribution in [0, 0.1) is 70.5 Å². The summed E-state index contributed by atoms with van der Waals surface area (Å²) in [5.41, 5.74) is 14.8. The molecule has 12 aromatic heterocycles. The molecule has 0 saturated carbocycles. The van der Waals surface area contributed by atoms with E-state index in [4.69, 9.17) is 72.1 Å². The number of rotatable bonds is 17. The van der Waals surface area contributed by atoms with Gasteiger partial charge in [0, 0.05) is 67.5 Å². The number of nitrogens with one attached hydrogen (secondary N) is 2. The van der Waals surface area contributed by atoms with Gasteiger partial charge in [0.1, 0.15) is 48.7 Å². The molecule has 0 aliphatic carbocycles. The lowest BCUT2D eigenvalue weighted by Crippen LogP contribution is -2.50. The standard InChI is InChI=1S/C25H27Br2N5O3S.C20H19Br2N5OS.2C15H8Br2ClN3OS.C15H10ClN3OS.C7H5ClN2OS.2CH4/c1-25(2,3)35-24(34)29-17-9-6-10-31(14-17)23-30-18-11-19(21(26)27)36-20(18)22(33)32(23)13-16-8-5-4-7-15(16)12-28;21-18(22)16-8-15-17(29-16)19(28)27(10-13-5-2-1-4-12(13)9-23)20(25-15)26-7-3-6-14(24)11-26;2*16-13(17)11-5-10-12(23-11)14(22)21(15(18)20-10)7-9-4-2-1-3-8(9)6-19;1-9-6-12-13(21-9)14(20)19(15(16)18-12)8-11-5-3-2-4-10(11)7-17;1-3-2-4-5(12-3)6(11)10-7(8)9-4;;/h4-5,7-8,11,17,21H,6,9-10,13-14H2,1-3H3,(H,29,34);1-2,4-5,8,14,18H,3,6-7,10-11,24H2;2*1-5,13H,7H2;2-6H,8H2,1H3;2H,1H3,(H,9,10,11);2*1H4/t17-;14-;;;;;;/m11....../s1. The first-order valence-electron chi connectivity index (χ1n) is 43.4. The first kappa shape index (κ1) is 115. The molecule has 0 radical (unpaired) electrons. The molecule has 17 aromatic rings. The Hall–Kier alpha value is -9.58. The van der Waals surface area contributed by atoms with Gasteiger partial charge < -0.3 is 25.6 Å². The molecule has 14 heterocycles. The number of halogens is 12. The zero-order chi connectivity index (χ0) is 103. The Balaban J connectivity index is 0.000000159. The third-order valence-corrected chi connectivity index (χ3v) is 36.2. The molecule has 2 aliphatic heterocycles. The minimum absolute atomic E-state index is 0. The van der Waals surface area contributed by atoms with Crippen LogP contribution in [0.15, 0.2) is 186 Å². The number of anilines is 2. The lowest BCUT2D eigenvalue weighted by Gasteiger charge is -2.35. The highest BCUT2D eigenvalue weighted by Crippen LogP contribution is 2.42.